The molecule has 4 rings (SSSR count). The molecule has 1 unspecified atom stereocenters. The normalized spacial score (nSPS) is 17.0. The van der Waals surface area contributed by atoms with Gasteiger partial charge in [-0.05, 0) is 38.0 Å². The summed E-state index contributed by atoms with van der Waals surface area (Å²) in [5.74, 6) is 0.497. The van der Waals surface area contributed by atoms with Gasteiger partial charge >= 0.3 is 0 Å². The number of benzene rings is 1. The fourth-order valence-electron chi connectivity index (χ4n) is 3.47. The predicted molar refractivity (Wildman–Crippen MR) is 93.8 cm³/mol. The van der Waals surface area contributed by atoms with Crippen LogP contribution in [0, 0.1) is 17.0 Å². The third-order valence-corrected chi connectivity index (χ3v) is 4.80. The molecule has 1 fully saturated rings. The summed E-state index contributed by atoms with van der Waals surface area (Å²) in [4.78, 5) is 25.5. The van der Waals surface area contributed by atoms with Crippen molar-refractivity contribution in [1.29, 1.82) is 0 Å². The number of aryl methyl sites for hydroxylation is 1. The van der Waals surface area contributed by atoms with Gasteiger partial charge in [0.2, 0.25) is 0 Å². The maximum atomic E-state index is 13.0. The van der Waals surface area contributed by atoms with Crippen molar-refractivity contribution in [3.05, 3.63) is 69.7 Å². The summed E-state index contributed by atoms with van der Waals surface area (Å²) in [6.45, 7) is 2.25. The molecule has 1 aliphatic heterocycles. The van der Waals surface area contributed by atoms with Crippen LogP contribution in [-0.2, 0) is 0 Å². The molecular weight excluding hydrogens is 334 g/mol. The minimum atomic E-state index is -0.459. The highest BCUT2D eigenvalue weighted by atomic mass is 16.6. The second-order valence-electron chi connectivity index (χ2n) is 6.40. The molecule has 0 bridgehead atoms. The monoisotopic (exact) mass is 351 g/mol. The maximum absolute atomic E-state index is 13.0. The number of nitrogens with zero attached hydrogens (tertiary/aromatic N) is 5. The number of carbonyl (C=O) groups excluding carboxylic acids is 1. The maximum Gasteiger partial charge on any atom is 0.273 e. The standard InChI is InChI=1S/C18H17N5O3/c1-12-7-8-13(11-15(12)23(25)26)18(24)21-10-4-5-14(21)17-20-19-16-6-2-3-9-22(16)17/h2-3,6-9,11,14H,4-5,10H2,1H3. The Morgan fingerprint density at radius 1 is 1.27 bits per heavy atom. The number of nitro groups is 1. The van der Waals surface area contributed by atoms with Crippen molar-refractivity contribution in [2.45, 2.75) is 25.8 Å². The molecule has 0 saturated carbocycles. The van der Waals surface area contributed by atoms with Crippen molar-refractivity contribution in [3.8, 4) is 0 Å². The van der Waals surface area contributed by atoms with Gasteiger partial charge in [-0.25, -0.2) is 0 Å². The number of nitro benzene ring substituents is 1. The zero-order valence-corrected chi connectivity index (χ0v) is 14.2. The van der Waals surface area contributed by atoms with Crippen LogP contribution in [0.2, 0.25) is 0 Å². The summed E-state index contributed by atoms with van der Waals surface area (Å²) in [7, 11) is 0. The largest absolute Gasteiger partial charge is 0.328 e. The van der Waals surface area contributed by atoms with E-state index < -0.39 is 4.92 Å². The third-order valence-electron chi connectivity index (χ3n) is 4.80. The number of rotatable bonds is 3. The zero-order chi connectivity index (χ0) is 18.3. The molecule has 3 heterocycles. The van der Waals surface area contributed by atoms with Crippen molar-refractivity contribution in [3.63, 3.8) is 0 Å². The first-order valence-corrected chi connectivity index (χ1v) is 8.42. The van der Waals surface area contributed by atoms with Crippen molar-refractivity contribution < 1.29 is 9.72 Å². The lowest BCUT2D eigenvalue weighted by atomic mass is 10.1. The van der Waals surface area contributed by atoms with Crippen LogP contribution in [-0.4, -0.2) is 36.9 Å². The molecule has 3 aromatic rings. The SMILES string of the molecule is Cc1ccc(C(=O)N2CCCC2c2nnc3ccccn23)cc1[N+](=O)[O-]. The Kier molecular flexibility index (Phi) is 3.87. The second kappa shape index (κ2) is 6.21. The molecule has 0 N–H and O–H groups in total. The molecule has 0 spiro atoms. The lowest BCUT2D eigenvalue weighted by molar-refractivity contribution is -0.385. The van der Waals surface area contributed by atoms with E-state index in [1.165, 1.54) is 6.07 Å². The van der Waals surface area contributed by atoms with Gasteiger partial charge in [0.1, 0.15) is 0 Å². The van der Waals surface area contributed by atoms with E-state index in [-0.39, 0.29) is 17.6 Å². The Labute approximate surface area is 149 Å². The molecule has 1 aliphatic rings. The number of pyridine rings is 1. The molecule has 0 radical (unpaired) electrons. The van der Waals surface area contributed by atoms with Gasteiger partial charge in [0.15, 0.2) is 11.5 Å². The van der Waals surface area contributed by atoms with Gasteiger partial charge in [-0.1, -0.05) is 12.1 Å². The van der Waals surface area contributed by atoms with Gasteiger partial charge < -0.3 is 4.90 Å². The van der Waals surface area contributed by atoms with Gasteiger partial charge in [-0.2, -0.15) is 0 Å². The minimum Gasteiger partial charge on any atom is -0.328 e. The van der Waals surface area contributed by atoms with Crippen LogP contribution in [0.5, 0.6) is 0 Å². The average molecular weight is 351 g/mol. The number of hydrogen-bond donors (Lipinski definition) is 0. The Morgan fingerprint density at radius 2 is 2.12 bits per heavy atom. The third kappa shape index (κ3) is 2.59. The summed E-state index contributed by atoms with van der Waals surface area (Å²) in [5, 5.41) is 19.6. The summed E-state index contributed by atoms with van der Waals surface area (Å²) < 4.78 is 1.88. The molecule has 1 aromatic carbocycles. The Balaban J connectivity index is 1.70. The number of carbonyl (C=O) groups is 1. The number of hydrogen-bond acceptors (Lipinski definition) is 5. The fourth-order valence-corrected chi connectivity index (χ4v) is 3.47. The highest BCUT2D eigenvalue weighted by Crippen LogP contribution is 2.33. The Hall–Kier alpha value is -3.29. The van der Waals surface area contributed by atoms with E-state index in [0.717, 1.165) is 18.5 Å². The van der Waals surface area contributed by atoms with Crippen LogP contribution in [0.4, 0.5) is 5.69 Å². The van der Waals surface area contributed by atoms with E-state index in [1.54, 1.807) is 24.0 Å². The predicted octanol–water partition coefficient (Wildman–Crippen LogP) is 2.92. The van der Waals surface area contributed by atoms with Gasteiger partial charge in [-0.15, -0.1) is 10.2 Å². The van der Waals surface area contributed by atoms with Crippen LogP contribution in [0.15, 0.2) is 42.6 Å². The van der Waals surface area contributed by atoms with Crippen molar-refractivity contribution in [1.82, 2.24) is 19.5 Å². The zero-order valence-electron chi connectivity index (χ0n) is 14.2. The van der Waals surface area contributed by atoms with E-state index in [0.29, 0.717) is 23.5 Å². The molecule has 0 aliphatic carbocycles. The average Bonchev–Trinajstić information content (AvgIpc) is 3.27. The minimum absolute atomic E-state index is 0.0421. The molecule has 1 saturated heterocycles. The van der Waals surface area contributed by atoms with E-state index in [9.17, 15) is 14.9 Å². The number of amides is 1. The lowest BCUT2D eigenvalue weighted by Crippen LogP contribution is -2.31. The summed E-state index contributed by atoms with van der Waals surface area (Å²) in [6.07, 6.45) is 3.52. The molecule has 1 atom stereocenters. The smallest absolute Gasteiger partial charge is 0.273 e. The summed E-state index contributed by atoms with van der Waals surface area (Å²) in [5.41, 5.74) is 1.54. The van der Waals surface area contributed by atoms with Crippen molar-refractivity contribution in [2.24, 2.45) is 0 Å². The first kappa shape index (κ1) is 16.2. The van der Waals surface area contributed by atoms with Crippen molar-refractivity contribution in [2.75, 3.05) is 6.54 Å². The van der Waals surface area contributed by atoms with E-state index in [2.05, 4.69) is 10.2 Å². The second-order valence-corrected chi connectivity index (χ2v) is 6.40. The molecule has 8 heteroatoms. The molecular formula is C18H17N5O3. The topological polar surface area (TPSA) is 93.6 Å². The van der Waals surface area contributed by atoms with Crippen LogP contribution in [0.1, 0.15) is 40.6 Å². The van der Waals surface area contributed by atoms with Crippen molar-refractivity contribution >= 4 is 17.2 Å². The highest BCUT2D eigenvalue weighted by molar-refractivity contribution is 5.95. The van der Waals surface area contributed by atoms with Crippen LogP contribution < -0.4 is 0 Å². The Morgan fingerprint density at radius 3 is 2.92 bits per heavy atom. The van der Waals surface area contributed by atoms with Crippen LogP contribution in [0.25, 0.3) is 5.65 Å². The number of likely N-dealkylation sites (tertiary alicyclic amines) is 1. The number of fused-ring (bicyclic) bond motifs is 1. The van der Waals surface area contributed by atoms with Gasteiger partial charge in [-0.3, -0.25) is 19.3 Å². The fraction of sp³-hybridized carbons (Fsp3) is 0.278. The molecule has 8 nitrogen and oxygen atoms in total. The quantitative estimate of drug-likeness (QED) is 0.534. The van der Waals surface area contributed by atoms with Crippen LogP contribution >= 0.6 is 0 Å². The highest BCUT2D eigenvalue weighted by Gasteiger charge is 2.34. The van der Waals surface area contributed by atoms with Gasteiger partial charge in [0, 0.05) is 29.9 Å². The van der Waals surface area contributed by atoms with Gasteiger partial charge in [0.25, 0.3) is 11.6 Å². The molecule has 1 amide bonds. The number of aromatic nitrogens is 3. The Bertz CT molecular complexity index is 1010. The first-order chi connectivity index (χ1) is 12.6. The molecule has 2 aromatic heterocycles. The molecule has 26 heavy (non-hydrogen) atoms. The van der Waals surface area contributed by atoms with E-state index in [1.807, 2.05) is 28.8 Å². The first-order valence-electron chi connectivity index (χ1n) is 8.42. The lowest BCUT2D eigenvalue weighted by Gasteiger charge is -2.23. The van der Waals surface area contributed by atoms with E-state index >= 15 is 0 Å². The summed E-state index contributed by atoms with van der Waals surface area (Å²) >= 11 is 0. The van der Waals surface area contributed by atoms with Gasteiger partial charge in [0.05, 0.1) is 11.0 Å². The molecule has 132 valence electrons. The summed E-state index contributed by atoms with van der Waals surface area (Å²) in [6, 6.07) is 10.1. The van der Waals surface area contributed by atoms with E-state index in [4.69, 9.17) is 0 Å². The van der Waals surface area contributed by atoms with Crippen LogP contribution in [0.3, 0.4) is 0 Å².